The summed E-state index contributed by atoms with van der Waals surface area (Å²) in [6, 6.07) is 9.40. The first-order valence-corrected chi connectivity index (χ1v) is 7.27. The van der Waals surface area contributed by atoms with Gasteiger partial charge in [0, 0.05) is 26.4 Å². The van der Waals surface area contributed by atoms with Crippen LogP contribution >= 0.6 is 11.3 Å². The number of ether oxygens (including phenoxy) is 1. The van der Waals surface area contributed by atoms with Crippen LogP contribution in [0.3, 0.4) is 0 Å². The number of hydrogen-bond acceptors (Lipinski definition) is 6. The quantitative estimate of drug-likeness (QED) is 0.799. The molecule has 1 heterocycles. The first kappa shape index (κ1) is 15.3. The lowest BCUT2D eigenvalue weighted by Crippen LogP contribution is -2.26. The zero-order valence-electron chi connectivity index (χ0n) is 12.0. The van der Waals surface area contributed by atoms with Gasteiger partial charge in [0.25, 0.3) is 5.91 Å². The number of benzene rings is 1. The lowest BCUT2D eigenvalue weighted by Gasteiger charge is -2.16. The Labute approximate surface area is 127 Å². The number of nitrogens with one attached hydrogen (secondary N) is 1. The molecule has 0 saturated carbocycles. The first-order chi connectivity index (χ1) is 10.1. The number of nitrogens with two attached hydrogens (primary N) is 1. The fourth-order valence-corrected chi connectivity index (χ4v) is 2.63. The molecule has 21 heavy (non-hydrogen) atoms. The Morgan fingerprint density at radius 2 is 2.14 bits per heavy atom. The number of para-hydroxylation sites is 1. The van der Waals surface area contributed by atoms with Gasteiger partial charge in [-0.2, -0.15) is 0 Å². The maximum Gasteiger partial charge on any atom is 0.272 e. The van der Waals surface area contributed by atoms with Crippen LogP contribution in [0, 0.1) is 0 Å². The van der Waals surface area contributed by atoms with E-state index in [2.05, 4.69) is 10.3 Å². The fourth-order valence-electron chi connectivity index (χ4n) is 1.74. The number of rotatable bonds is 6. The Morgan fingerprint density at radius 3 is 2.81 bits per heavy atom. The van der Waals surface area contributed by atoms with Gasteiger partial charge in [0.15, 0.2) is 5.13 Å². The van der Waals surface area contributed by atoms with E-state index in [1.165, 1.54) is 11.3 Å². The van der Waals surface area contributed by atoms with Gasteiger partial charge < -0.3 is 20.7 Å². The third-order valence-corrected chi connectivity index (χ3v) is 3.90. The van der Waals surface area contributed by atoms with Crippen molar-refractivity contribution >= 4 is 33.9 Å². The average molecular weight is 306 g/mol. The Bertz CT molecular complexity index is 600. The van der Waals surface area contributed by atoms with Gasteiger partial charge in [0.05, 0.1) is 6.61 Å². The second-order valence-electron chi connectivity index (χ2n) is 4.35. The van der Waals surface area contributed by atoms with E-state index in [9.17, 15) is 4.79 Å². The van der Waals surface area contributed by atoms with Crippen molar-refractivity contribution in [3.05, 3.63) is 35.2 Å². The van der Waals surface area contributed by atoms with Gasteiger partial charge in [0.1, 0.15) is 10.7 Å². The van der Waals surface area contributed by atoms with Crippen molar-refractivity contribution in [3.8, 4) is 0 Å². The lowest BCUT2D eigenvalue weighted by molar-refractivity contribution is 0.0997. The van der Waals surface area contributed by atoms with Gasteiger partial charge in [0.2, 0.25) is 0 Å². The van der Waals surface area contributed by atoms with E-state index in [0.717, 1.165) is 5.69 Å². The van der Waals surface area contributed by atoms with Gasteiger partial charge >= 0.3 is 0 Å². The number of anilines is 3. The number of carbonyl (C=O) groups is 1. The number of methoxy groups -OCH3 is 1. The van der Waals surface area contributed by atoms with Crippen LogP contribution in [0.15, 0.2) is 30.3 Å². The van der Waals surface area contributed by atoms with Crippen LogP contribution in [0.1, 0.15) is 9.67 Å². The summed E-state index contributed by atoms with van der Waals surface area (Å²) >= 11 is 1.25. The number of thiazole rings is 1. The molecule has 6 nitrogen and oxygen atoms in total. The highest BCUT2D eigenvalue weighted by Crippen LogP contribution is 2.27. The highest BCUT2D eigenvalue weighted by Gasteiger charge is 2.20. The molecule has 1 aromatic heterocycles. The van der Waals surface area contributed by atoms with Gasteiger partial charge in [-0.05, 0) is 12.1 Å². The van der Waals surface area contributed by atoms with Crippen LogP contribution in [-0.2, 0) is 4.74 Å². The topological polar surface area (TPSA) is 80.5 Å². The minimum absolute atomic E-state index is 0.170. The van der Waals surface area contributed by atoms with E-state index in [1.807, 2.05) is 30.3 Å². The maximum absolute atomic E-state index is 12.5. The molecular weight excluding hydrogens is 288 g/mol. The molecule has 0 aliphatic rings. The summed E-state index contributed by atoms with van der Waals surface area (Å²) < 4.78 is 4.95. The first-order valence-electron chi connectivity index (χ1n) is 6.45. The molecule has 0 aliphatic heterocycles. The number of nitrogen functional groups attached to an aromatic ring is 1. The number of carbonyl (C=O) groups excluding carboxylic acids is 1. The van der Waals surface area contributed by atoms with Crippen LogP contribution in [0.4, 0.5) is 16.6 Å². The van der Waals surface area contributed by atoms with Crippen molar-refractivity contribution in [2.45, 2.75) is 0 Å². The SMILES string of the molecule is COCCNc1nc(N)c(C(=O)N(C)c2ccccc2)s1. The molecule has 0 unspecified atom stereocenters. The number of hydrogen-bond donors (Lipinski definition) is 2. The van der Waals surface area contributed by atoms with E-state index in [-0.39, 0.29) is 11.7 Å². The molecule has 1 amide bonds. The predicted molar refractivity (Wildman–Crippen MR) is 86.1 cm³/mol. The standard InChI is InChI=1S/C14H18N4O2S/c1-18(10-6-4-3-5-7-10)13(19)11-12(15)17-14(21-11)16-8-9-20-2/h3-7H,8-9,15H2,1-2H3,(H,16,17). The molecule has 7 heteroatoms. The zero-order valence-corrected chi connectivity index (χ0v) is 12.8. The van der Waals surface area contributed by atoms with Crippen LogP contribution < -0.4 is 16.0 Å². The third-order valence-electron chi connectivity index (χ3n) is 2.88. The fraction of sp³-hybridized carbons (Fsp3) is 0.286. The zero-order chi connectivity index (χ0) is 15.2. The van der Waals surface area contributed by atoms with Crippen LogP contribution in [0.25, 0.3) is 0 Å². The summed E-state index contributed by atoms with van der Waals surface area (Å²) in [5.74, 6) is 0.0729. The monoisotopic (exact) mass is 306 g/mol. The van der Waals surface area contributed by atoms with Crippen LogP contribution in [-0.4, -0.2) is 38.2 Å². The highest BCUT2D eigenvalue weighted by atomic mass is 32.1. The highest BCUT2D eigenvalue weighted by molar-refractivity contribution is 7.18. The summed E-state index contributed by atoms with van der Waals surface area (Å²) in [6.45, 7) is 1.18. The van der Waals surface area contributed by atoms with E-state index >= 15 is 0 Å². The van der Waals surface area contributed by atoms with Crippen molar-refractivity contribution in [1.82, 2.24) is 4.98 Å². The summed E-state index contributed by atoms with van der Waals surface area (Å²) in [4.78, 5) is 18.6. The second kappa shape index (κ2) is 7.05. The molecule has 1 aromatic carbocycles. The smallest absolute Gasteiger partial charge is 0.272 e. The summed E-state index contributed by atoms with van der Waals surface area (Å²) in [5, 5.41) is 3.69. The van der Waals surface area contributed by atoms with Gasteiger partial charge in [-0.3, -0.25) is 4.79 Å². The number of nitrogens with zero attached hydrogens (tertiary/aromatic N) is 2. The largest absolute Gasteiger partial charge is 0.383 e. The van der Waals surface area contributed by atoms with Crippen molar-refractivity contribution < 1.29 is 9.53 Å². The molecular formula is C14H18N4O2S. The molecule has 0 aliphatic carbocycles. The van der Waals surface area contributed by atoms with E-state index in [4.69, 9.17) is 10.5 Å². The third kappa shape index (κ3) is 3.71. The second-order valence-corrected chi connectivity index (χ2v) is 5.35. The molecule has 2 aromatic rings. The van der Waals surface area contributed by atoms with E-state index in [0.29, 0.717) is 23.2 Å². The van der Waals surface area contributed by atoms with Crippen LogP contribution in [0.2, 0.25) is 0 Å². The Kier molecular flexibility index (Phi) is 5.13. The van der Waals surface area contributed by atoms with Crippen molar-refractivity contribution in [2.24, 2.45) is 0 Å². The molecule has 0 bridgehead atoms. The molecule has 0 saturated heterocycles. The minimum Gasteiger partial charge on any atom is -0.383 e. The van der Waals surface area contributed by atoms with Crippen molar-refractivity contribution in [3.63, 3.8) is 0 Å². The molecule has 3 N–H and O–H groups in total. The summed E-state index contributed by atoms with van der Waals surface area (Å²) in [7, 11) is 3.34. The minimum atomic E-state index is -0.170. The Morgan fingerprint density at radius 1 is 1.43 bits per heavy atom. The molecule has 0 radical (unpaired) electrons. The Balaban J connectivity index is 2.12. The summed E-state index contributed by atoms with van der Waals surface area (Å²) in [5.41, 5.74) is 6.65. The lowest BCUT2D eigenvalue weighted by atomic mass is 10.3. The van der Waals surface area contributed by atoms with E-state index < -0.39 is 0 Å². The average Bonchev–Trinajstić information content (AvgIpc) is 2.88. The molecule has 112 valence electrons. The molecule has 0 atom stereocenters. The van der Waals surface area contributed by atoms with Crippen molar-refractivity contribution in [2.75, 3.05) is 43.3 Å². The summed E-state index contributed by atoms with van der Waals surface area (Å²) in [6.07, 6.45) is 0. The molecule has 2 rings (SSSR count). The van der Waals surface area contributed by atoms with Crippen molar-refractivity contribution in [1.29, 1.82) is 0 Å². The predicted octanol–water partition coefficient (Wildman–Crippen LogP) is 2.06. The molecule has 0 spiro atoms. The van der Waals surface area contributed by atoms with Gasteiger partial charge in [-0.1, -0.05) is 29.5 Å². The number of aromatic nitrogens is 1. The molecule has 0 fully saturated rings. The maximum atomic E-state index is 12.5. The van der Waals surface area contributed by atoms with E-state index in [1.54, 1.807) is 19.1 Å². The Hall–Kier alpha value is -2.12. The number of amides is 1. The van der Waals surface area contributed by atoms with Gasteiger partial charge in [-0.15, -0.1) is 0 Å². The normalized spacial score (nSPS) is 10.4. The van der Waals surface area contributed by atoms with Gasteiger partial charge in [-0.25, -0.2) is 4.98 Å². The van der Waals surface area contributed by atoms with Crippen LogP contribution in [0.5, 0.6) is 0 Å².